The maximum atomic E-state index is 12.5. The van der Waals surface area contributed by atoms with Gasteiger partial charge in [-0.1, -0.05) is 46.9 Å². The van der Waals surface area contributed by atoms with Gasteiger partial charge in [-0.15, -0.1) is 0 Å². The number of amides is 1. The summed E-state index contributed by atoms with van der Waals surface area (Å²) >= 11 is 18.0. The molecule has 0 spiro atoms. The van der Waals surface area contributed by atoms with Gasteiger partial charge in [-0.25, -0.2) is 4.98 Å². The second kappa shape index (κ2) is 8.19. The molecular formula is C20H17Cl3N2O3. The highest BCUT2D eigenvalue weighted by molar-refractivity contribution is 6.43. The lowest BCUT2D eigenvalue weighted by atomic mass is 9.97. The summed E-state index contributed by atoms with van der Waals surface area (Å²) in [5.74, 6) is 1.19. The summed E-state index contributed by atoms with van der Waals surface area (Å²) in [4.78, 5) is 18.8. The molecule has 3 aromatic rings. The minimum atomic E-state index is -0.106. The molecule has 1 aromatic heterocycles. The lowest BCUT2D eigenvalue weighted by Gasteiger charge is -2.30. The van der Waals surface area contributed by atoms with Crippen LogP contribution < -0.4 is 4.74 Å². The Hall–Kier alpha value is -1.95. The predicted molar refractivity (Wildman–Crippen MR) is 110 cm³/mol. The number of ether oxygens (including phenoxy) is 1. The molecule has 1 fully saturated rings. The second-order valence-electron chi connectivity index (χ2n) is 6.66. The summed E-state index contributed by atoms with van der Waals surface area (Å²) in [5.41, 5.74) is 1.66. The molecule has 2 aromatic carbocycles. The molecule has 4 rings (SSSR count). The molecule has 0 N–H and O–H groups in total. The van der Waals surface area contributed by atoms with Crippen LogP contribution in [0.4, 0.5) is 0 Å². The van der Waals surface area contributed by atoms with Crippen molar-refractivity contribution in [2.24, 2.45) is 0 Å². The number of halogens is 3. The average molecular weight is 440 g/mol. The van der Waals surface area contributed by atoms with E-state index in [0.717, 1.165) is 29.8 Å². The molecule has 146 valence electrons. The van der Waals surface area contributed by atoms with E-state index < -0.39 is 0 Å². The lowest BCUT2D eigenvalue weighted by molar-refractivity contribution is -0.134. The highest BCUT2D eigenvalue weighted by Crippen LogP contribution is 2.34. The number of benzene rings is 2. The van der Waals surface area contributed by atoms with Gasteiger partial charge in [-0.3, -0.25) is 4.79 Å². The number of carbonyl (C=O) groups is 1. The Kier molecular flexibility index (Phi) is 5.67. The molecule has 0 atom stereocenters. The first kappa shape index (κ1) is 19.4. The standard InChI is InChI=1S/C20H17Cl3N2O3/c21-13-9-15(23)18(10-14(13)22)27-11-19(26)25-7-5-12(6-8-25)20-24-16-3-1-2-4-17(16)28-20/h1-4,9-10,12H,5-8,11H2. The number of para-hydroxylation sites is 2. The molecule has 0 saturated carbocycles. The molecular weight excluding hydrogens is 423 g/mol. The van der Waals surface area contributed by atoms with Crippen LogP contribution in [0.1, 0.15) is 24.7 Å². The molecule has 1 aliphatic heterocycles. The van der Waals surface area contributed by atoms with Crippen molar-refractivity contribution in [3.05, 3.63) is 57.4 Å². The molecule has 0 bridgehead atoms. The van der Waals surface area contributed by atoms with E-state index in [1.165, 1.54) is 12.1 Å². The third-order valence-corrected chi connectivity index (χ3v) is 5.85. The highest BCUT2D eigenvalue weighted by Gasteiger charge is 2.27. The number of hydrogen-bond donors (Lipinski definition) is 0. The maximum Gasteiger partial charge on any atom is 0.260 e. The van der Waals surface area contributed by atoms with Gasteiger partial charge in [0.15, 0.2) is 18.1 Å². The van der Waals surface area contributed by atoms with Crippen molar-refractivity contribution < 1.29 is 13.9 Å². The number of piperidine rings is 1. The summed E-state index contributed by atoms with van der Waals surface area (Å²) in [6.07, 6.45) is 1.60. The van der Waals surface area contributed by atoms with E-state index in [2.05, 4.69) is 4.98 Å². The van der Waals surface area contributed by atoms with Crippen LogP contribution in [-0.2, 0) is 4.79 Å². The molecule has 5 nitrogen and oxygen atoms in total. The van der Waals surface area contributed by atoms with Gasteiger partial charge in [-0.05, 0) is 31.0 Å². The Balaban J connectivity index is 1.33. The zero-order valence-corrected chi connectivity index (χ0v) is 17.1. The molecule has 0 unspecified atom stereocenters. The lowest BCUT2D eigenvalue weighted by Crippen LogP contribution is -2.40. The molecule has 8 heteroatoms. The van der Waals surface area contributed by atoms with Crippen molar-refractivity contribution in [3.8, 4) is 5.75 Å². The number of oxazole rings is 1. The number of nitrogens with zero attached hydrogens (tertiary/aromatic N) is 2. The third-order valence-electron chi connectivity index (χ3n) is 4.83. The number of aromatic nitrogens is 1. The fourth-order valence-corrected chi connectivity index (χ4v) is 3.88. The number of fused-ring (bicyclic) bond motifs is 1. The molecule has 28 heavy (non-hydrogen) atoms. The summed E-state index contributed by atoms with van der Waals surface area (Å²) in [6, 6.07) is 10.7. The fraction of sp³-hybridized carbons (Fsp3) is 0.300. The first-order valence-corrected chi connectivity index (χ1v) is 10.1. The molecule has 0 radical (unpaired) electrons. The van der Waals surface area contributed by atoms with Crippen LogP contribution in [-0.4, -0.2) is 35.5 Å². The Morgan fingerprint density at radius 3 is 2.57 bits per heavy atom. The van der Waals surface area contributed by atoms with Gasteiger partial charge < -0.3 is 14.1 Å². The smallest absolute Gasteiger partial charge is 0.260 e. The first-order chi connectivity index (χ1) is 13.5. The van der Waals surface area contributed by atoms with Crippen molar-refractivity contribution in [3.63, 3.8) is 0 Å². The van der Waals surface area contributed by atoms with Crippen LogP contribution in [0.15, 0.2) is 40.8 Å². The fourth-order valence-electron chi connectivity index (χ4n) is 3.29. The summed E-state index contributed by atoms with van der Waals surface area (Å²) < 4.78 is 11.4. The van der Waals surface area contributed by atoms with Gasteiger partial charge in [0.1, 0.15) is 11.3 Å². The van der Waals surface area contributed by atoms with Crippen LogP contribution in [0.2, 0.25) is 15.1 Å². The minimum Gasteiger partial charge on any atom is -0.482 e. The van der Waals surface area contributed by atoms with Crippen molar-refractivity contribution in [2.45, 2.75) is 18.8 Å². The van der Waals surface area contributed by atoms with Crippen molar-refractivity contribution in [2.75, 3.05) is 19.7 Å². The monoisotopic (exact) mass is 438 g/mol. The highest BCUT2D eigenvalue weighted by atomic mass is 35.5. The van der Waals surface area contributed by atoms with Crippen LogP contribution in [0.3, 0.4) is 0 Å². The van der Waals surface area contributed by atoms with E-state index in [1.54, 1.807) is 4.90 Å². The average Bonchev–Trinajstić information content (AvgIpc) is 3.14. The van der Waals surface area contributed by atoms with Crippen molar-refractivity contribution >= 4 is 51.8 Å². The second-order valence-corrected chi connectivity index (χ2v) is 7.88. The van der Waals surface area contributed by atoms with Gasteiger partial charge in [0, 0.05) is 25.1 Å². The molecule has 1 saturated heterocycles. The Morgan fingerprint density at radius 1 is 1.11 bits per heavy atom. The number of hydrogen-bond acceptors (Lipinski definition) is 4. The van der Waals surface area contributed by atoms with E-state index in [-0.39, 0.29) is 18.4 Å². The maximum absolute atomic E-state index is 12.5. The number of likely N-dealkylation sites (tertiary alicyclic amines) is 1. The summed E-state index contributed by atoms with van der Waals surface area (Å²) in [6.45, 7) is 1.15. The molecule has 2 heterocycles. The minimum absolute atomic E-state index is 0.0989. The zero-order chi connectivity index (χ0) is 19.7. The third kappa shape index (κ3) is 4.07. The zero-order valence-electron chi connectivity index (χ0n) is 14.8. The van der Waals surface area contributed by atoms with Gasteiger partial charge in [-0.2, -0.15) is 0 Å². The molecule has 0 aliphatic carbocycles. The van der Waals surface area contributed by atoms with Crippen LogP contribution in [0.25, 0.3) is 11.1 Å². The van der Waals surface area contributed by atoms with Gasteiger partial charge in [0.2, 0.25) is 0 Å². The van der Waals surface area contributed by atoms with E-state index in [1.807, 2.05) is 24.3 Å². The van der Waals surface area contributed by atoms with Crippen LogP contribution >= 0.6 is 34.8 Å². The topological polar surface area (TPSA) is 55.6 Å². The van der Waals surface area contributed by atoms with Gasteiger partial charge >= 0.3 is 0 Å². The van der Waals surface area contributed by atoms with Crippen molar-refractivity contribution in [1.29, 1.82) is 0 Å². The molecule has 1 aliphatic rings. The van der Waals surface area contributed by atoms with Crippen LogP contribution in [0, 0.1) is 0 Å². The normalized spacial score (nSPS) is 15.2. The van der Waals surface area contributed by atoms with Gasteiger partial charge in [0.25, 0.3) is 5.91 Å². The Bertz CT molecular complexity index is 980. The predicted octanol–water partition coefficient (Wildman–Crippen LogP) is 5.57. The van der Waals surface area contributed by atoms with E-state index >= 15 is 0 Å². The SMILES string of the molecule is O=C(COc1cc(Cl)c(Cl)cc1Cl)N1CCC(c2nc3ccccc3o2)CC1. The Labute approximate surface area is 177 Å². The van der Waals surface area contributed by atoms with Crippen LogP contribution in [0.5, 0.6) is 5.75 Å². The summed E-state index contributed by atoms with van der Waals surface area (Å²) in [7, 11) is 0. The van der Waals surface area contributed by atoms with E-state index in [4.69, 9.17) is 44.0 Å². The first-order valence-electron chi connectivity index (χ1n) is 8.92. The van der Waals surface area contributed by atoms with E-state index in [9.17, 15) is 4.79 Å². The van der Waals surface area contributed by atoms with Crippen molar-refractivity contribution in [1.82, 2.24) is 9.88 Å². The number of carbonyl (C=O) groups excluding carboxylic acids is 1. The number of rotatable bonds is 4. The summed E-state index contributed by atoms with van der Waals surface area (Å²) in [5, 5.41) is 0.983. The Morgan fingerprint density at radius 2 is 1.82 bits per heavy atom. The molecule has 1 amide bonds. The quantitative estimate of drug-likeness (QED) is 0.498. The van der Waals surface area contributed by atoms with E-state index in [0.29, 0.717) is 33.9 Å². The van der Waals surface area contributed by atoms with Gasteiger partial charge in [0.05, 0.1) is 15.1 Å². The largest absolute Gasteiger partial charge is 0.482 e.